The topological polar surface area (TPSA) is 77.1 Å². The van der Waals surface area contributed by atoms with Gasteiger partial charge in [0.1, 0.15) is 11.6 Å². The normalized spacial score (nSPS) is 18.2. The molecule has 1 saturated heterocycles. The molecule has 1 unspecified atom stereocenters. The summed E-state index contributed by atoms with van der Waals surface area (Å²) in [5.41, 5.74) is 0.382. The quantitative estimate of drug-likeness (QED) is 0.651. The zero-order valence-electron chi connectivity index (χ0n) is 21.1. The summed E-state index contributed by atoms with van der Waals surface area (Å²) in [5.74, 6) is -0.129. The monoisotopic (exact) mass is 446 g/mol. The molecule has 0 radical (unpaired) electrons. The average molecular weight is 446 g/mol. The summed E-state index contributed by atoms with van der Waals surface area (Å²) in [5, 5.41) is 2.76. The van der Waals surface area contributed by atoms with E-state index in [1.165, 1.54) is 0 Å². The van der Waals surface area contributed by atoms with Gasteiger partial charge in [-0.3, -0.25) is 4.79 Å². The molecule has 1 fully saturated rings. The van der Waals surface area contributed by atoms with Crippen LogP contribution in [0, 0.1) is 0 Å². The Kier molecular flexibility index (Phi) is 8.05. The van der Waals surface area contributed by atoms with Crippen LogP contribution in [-0.2, 0) is 25.3 Å². The van der Waals surface area contributed by atoms with Gasteiger partial charge in [-0.15, -0.1) is 0 Å². The lowest BCUT2D eigenvalue weighted by Gasteiger charge is -2.32. The van der Waals surface area contributed by atoms with Crippen molar-refractivity contribution in [3.63, 3.8) is 0 Å². The number of hydrogen-bond donors (Lipinski definition) is 1. The van der Waals surface area contributed by atoms with E-state index in [0.717, 1.165) is 11.0 Å². The van der Waals surface area contributed by atoms with Crippen LogP contribution in [-0.4, -0.2) is 60.0 Å². The molecule has 1 aromatic rings. The van der Waals surface area contributed by atoms with Crippen molar-refractivity contribution in [1.29, 1.82) is 0 Å². The number of ether oxygens (including phenoxy) is 1. The minimum atomic E-state index is -0.715. The maximum absolute atomic E-state index is 13.0. The summed E-state index contributed by atoms with van der Waals surface area (Å²) in [4.78, 5) is 27.1. The largest absolute Gasteiger partial charge is 0.494 e. The number of alkyl carbamates (subject to hydrolysis) is 1. The maximum atomic E-state index is 13.0. The summed E-state index contributed by atoms with van der Waals surface area (Å²) in [6, 6.07) is 7.07. The summed E-state index contributed by atoms with van der Waals surface area (Å²) in [6.45, 7) is 18.5. The molecule has 2 rings (SSSR count). The Morgan fingerprint density at radius 1 is 1.03 bits per heavy atom. The van der Waals surface area contributed by atoms with E-state index in [1.807, 2.05) is 65.8 Å². The van der Waals surface area contributed by atoms with Gasteiger partial charge in [0, 0.05) is 19.5 Å². The van der Waals surface area contributed by atoms with E-state index in [9.17, 15) is 9.59 Å². The van der Waals surface area contributed by atoms with Crippen molar-refractivity contribution < 1.29 is 23.6 Å². The fraction of sp³-hybridized carbons (Fsp3) is 0.667. The zero-order chi connectivity index (χ0) is 24.3. The lowest BCUT2D eigenvalue weighted by atomic mass is 9.78. The molecule has 1 heterocycles. The van der Waals surface area contributed by atoms with Gasteiger partial charge >= 0.3 is 13.2 Å². The van der Waals surface area contributed by atoms with Gasteiger partial charge < -0.3 is 24.3 Å². The van der Waals surface area contributed by atoms with Crippen LogP contribution in [0.1, 0.15) is 67.9 Å². The smallest absolute Gasteiger partial charge is 0.444 e. The number of benzene rings is 1. The molecule has 0 saturated carbocycles. The summed E-state index contributed by atoms with van der Waals surface area (Å²) in [7, 11) is -0.443. The summed E-state index contributed by atoms with van der Waals surface area (Å²) >= 11 is 0. The van der Waals surface area contributed by atoms with Gasteiger partial charge in [-0.1, -0.05) is 24.3 Å². The van der Waals surface area contributed by atoms with E-state index in [0.29, 0.717) is 19.5 Å². The Hall–Kier alpha value is -2.06. The molecule has 1 aliphatic rings. The molecular formula is C24H39BN2O5. The number of amides is 2. The lowest BCUT2D eigenvalue weighted by molar-refractivity contribution is -0.133. The summed E-state index contributed by atoms with van der Waals surface area (Å²) in [6.07, 6.45) is -0.241. The first-order chi connectivity index (χ1) is 14.7. The Morgan fingerprint density at radius 2 is 1.53 bits per heavy atom. The van der Waals surface area contributed by atoms with Crippen molar-refractivity contribution in [1.82, 2.24) is 10.2 Å². The van der Waals surface area contributed by atoms with Crippen LogP contribution in [0.15, 0.2) is 24.3 Å². The minimum absolute atomic E-state index is 0.129. The van der Waals surface area contributed by atoms with Crippen molar-refractivity contribution in [2.75, 3.05) is 13.1 Å². The molecule has 1 atom stereocenters. The number of carbonyl (C=O) groups is 2. The number of hydrogen-bond acceptors (Lipinski definition) is 5. The van der Waals surface area contributed by atoms with Gasteiger partial charge in [-0.2, -0.15) is 0 Å². The molecule has 1 N–H and O–H groups in total. The van der Waals surface area contributed by atoms with E-state index in [4.69, 9.17) is 14.0 Å². The van der Waals surface area contributed by atoms with Crippen LogP contribution in [0.2, 0.25) is 0 Å². The van der Waals surface area contributed by atoms with Crippen LogP contribution in [0.25, 0.3) is 0 Å². The summed E-state index contributed by atoms with van der Waals surface area (Å²) < 4.78 is 17.6. The second-order valence-electron chi connectivity index (χ2n) is 10.2. The highest BCUT2D eigenvalue weighted by atomic mass is 16.7. The van der Waals surface area contributed by atoms with Crippen molar-refractivity contribution in [2.45, 2.75) is 91.6 Å². The van der Waals surface area contributed by atoms with Crippen LogP contribution in [0.4, 0.5) is 4.79 Å². The predicted molar refractivity (Wildman–Crippen MR) is 127 cm³/mol. The molecule has 32 heavy (non-hydrogen) atoms. The van der Waals surface area contributed by atoms with Gasteiger partial charge in [0.05, 0.1) is 11.2 Å². The highest BCUT2D eigenvalue weighted by molar-refractivity contribution is 6.62. The van der Waals surface area contributed by atoms with Crippen molar-refractivity contribution in [2.24, 2.45) is 0 Å². The Labute approximate surface area is 193 Å². The minimum Gasteiger partial charge on any atom is -0.444 e. The van der Waals surface area contributed by atoms with E-state index in [-0.39, 0.29) is 5.91 Å². The lowest BCUT2D eigenvalue weighted by Crippen LogP contribution is -2.50. The van der Waals surface area contributed by atoms with Gasteiger partial charge in [-0.05, 0) is 73.3 Å². The Bertz CT molecular complexity index is 782. The third-order valence-corrected chi connectivity index (χ3v) is 6.01. The standard InChI is InChI=1S/C24H39BN2O5/c1-10-27(11-2)20(28)19(26-21(29)30-22(3,4)5)16-17-12-14-18(15-13-17)25-31-23(6,7)24(8,9)32-25/h12-15,19H,10-11,16H2,1-9H3,(H,26,29). The van der Waals surface area contributed by atoms with Crippen LogP contribution < -0.4 is 10.8 Å². The third kappa shape index (κ3) is 6.48. The molecule has 7 nitrogen and oxygen atoms in total. The van der Waals surface area contributed by atoms with E-state index >= 15 is 0 Å². The first-order valence-electron chi connectivity index (χ1n) is 11.4. The fourth-order valence-electron chi connectivity index (χ4n) is 3.43. The Balaban J connectivity index is 2.16. The van der Waals surface area contributed by atoms with Gasteiger partial charge in [0.15, 0.2) is 0 Å². The van der Waals surface area contributed by atoms with Gasteiger partial charge in [0.2, 0.25) is 5.91 Å². The van der Waals surface area contributed by atoms with Crippen LogP contribution in [0.3, 0.4) is 0 Å². The van der Waals surface area contributed by atoms with Crippen molar-refractivity contribution in [3.05, 3.63) is 29.8 Å². The SMILES string of the molecule is CCN(CC)C(=O)C(Cc1ccc(B2OC(C)(C)C(C)(C)O2)cc1)NC(=O)OC(C)(C)C. The van der Waals surface area contributed by atoms with Crippen molar-refractivity contribution >= 4 is 24.6 Å². The molecule has 0 bridgehead atoms. The second kappa shape index (κ2) is 9.83. The number of nitrogens with zero attached hydrogens (tertiary/aromatic N) is 1. The van der Waals surface area contributed by atoms with Crippen LogP contribution >= 0.6 is 0 Å². The molecule has 2 amide bonds. The molecule has 178 valence electrons. The van der Waals surface area contributed by atoms with Crippen molar-refractivity contribution in [3.8, 4) is 0 Å². The van der Waals surface area contributed by atoms with E-state index < -0.39 is 36.1 Å². The number of nitrogens with one attached hydrogen (secondary N) is 1. The molecule has 1 aliphatic heterocycles. The van der Waals surface area contributed by atoms with E-state index in [2.05, 4.69) is 5.32 Å². The molecule has 0 spiro atoms. The molecule has 1 aromatic carbocycles. The number of likely N-dealkylation sites (N-methyl/N-ethyl adjacent to an activating group) is 1. The van der Waals surface area contributed by atoms with E-state index in [1.54, 1.807) is 25.7 Å². The second-order valence-corrected chi connectivity index (χ2v) is 10.2. The number of carbonyl (C=O) groups excluding carboxylic acids is 2. The first-order valence-corrected chi connectivity index (χ1v) is 11.4. The molecular weight excluding hydrogens is 407 g/mol. The highest BCUT2D eigenvalue weighted by Crippen LogP contribution is 2.36. The maximum Gasteiger partial charge on any atom is 0.494 e. The highest BCUT2D eigenvalue weighted by Gasteiger charge is 2.51. The molecule has 8 heteroatoms. The zero-order valence-corrected chi connectivity index (χ0v) is 21.1. The first kappa shape index (κ1) is 26.2. The predicted octanol–water partition coefficient (Wildman–Crippen LogP) is 3.29. The molecule has 0 aromatic heterocycles. The van der Waals surface area contributed by atoms with Crippen LogP contribution in [0.5, 0.6) is 0 Å². The van der Waals surface area contributed by atoms with Gasteiger partial charge in [0.25, 0.3) is 0 Å². The Morgan fingerprint density at radius 3 is 1.97 bits per heavy atom. The molecule has 0 aliphatic carbocycles. The van der Waals surface area contributed by atoms with Gasteiger partial charge in [-0.25, -0.2) is 4.79 Å². The fourth-order valence-corrected chi connectivity index (χ4v) is 3.43. The number of rotatable bonds is 7. The third-order valence-electron chi connectivity index (χ3n) is 6.01. The average Bonchev–Trinajstić information content (AvgIpc) is 2.88.